The van der Waals surface area contributed by atoms with E-state index in [1.807, 2.05) is 0 Å². The van der Waals surface area contributed by atoms with Crippen LogP contribution in [0.4, 0.5) is 0 Å². The van der Waals surface area contributed by atoms with E-state index in [0.29, 0.717) is 5.56 Å². The summed E-state index contributed by atoms with van der Waals surface area (Å²) in [6.45, 7) is 0. The number of nitrogens with two attached hydrogens (primary N) is 2. The summed E-state index contributed by atoms with van der Waals surface area (Å²) in [5, 5.41) is 16.0. The molecule has 0 aromatic heterocycles. The van der Waals surface area contributed by atoms with Gasteiger partial charge in [0.05, 0.1) is 6.21 Å². The minimum atomic E-state index is -4.49. The van der Waals surface area contributed by atoms with Crippen LogP contribution in [0.25, 0.3) is 0 Å². The number of guanidine groups is 1. The highest BCUT2D eigenvalue weighted by atomic mass is 35.5. The van der Waals surface area contributed by atoms with Crippen LogP contribution in [0, 0.1) is 0 Å². The van der Waals surface area contributed by atoms with Gasteiger partial charge in [-0.2, -0.15) is 13.5 Å². The van der Waals surface area contributed by atoms with Gasteiger partial charge < -0.3 is 16.6 Å². The van der Waals surface area contributed by atoms with Crippen molar-refractivity contribution in [1.82, 2.24) is 0 Å². The van der Waals surface area contributed by atoms with Gasteiger partial charge in [0, 0.05) is 0 Å². The molecule has 0 aliphatic carbocycles. The molecule has 0 heterocycles. The summed E-state index contributed by atoms with van der Waals surface area (Å²) in [7, 11) is -4.49. The summed E-state index contributed by atoms with van der Waals surface area (Å²) in [6, 6.07) is 3.49. The summed E-state index contributed by atoms with van der Waals surface area (Å²) in [5.41, 5.74) is 10.3. The molecule has 18 heavy (non-hydrogen) atoms. The highest BCUT2D eigenvalue weighted by Crippen LogP contribution is 2.22. The van der Waals surface area contributed by atoms with E-state index in [1.54, 1.807) is 0 Å². The molecule has 0 saturated carbocycles. The fourth-order valence-corrected chi connectivity index (χ4v) is 1.60. The predicted molar refractivity (Wildman–Crippen MR) is 68.6 cm³/mol. The maximum atomic E-state index is 10.9. The normalized spacial score (nSPS) is 10.9. The second kappa shape index (κ2) is 6.19. The lowest BCUT2D eigenvalue weighted by Gasteiger charge is -2.01. The minimum Gasteiger partial charge on any atom is -0.506 e. The number of phenolic OH excluding ortho intramolecular Hbond substituents is 1. The molecule has 1 rings (SSSR count). The fraction of sp³-hybridized carbons (Fsp3) is 0. The van der Waals surface area contributed by atoms with E-state index in [9.17, 15) is 13.5 Å². The van der Waals surface area contributed by atoms with Gasteiger partial charge in [0.1, 0.15) is 10.6 Å². The number of phenols is 1. The van der Waals surface area contributed by atoms with Gasteiger partial charge in [-0.25, -0.2) is 0 Å². The molecule has 10 heteroatoms. The average Bonchev–Trinajstić information content (AvgIpc) is 2.18. The summed E-state index contributed by atoms with van der Waals surface area (Å²) in [5.74, 6) is -0.818. The molecule has 0 amide bonds. The zero-order valence-corrected chi connectivity index (χ0v) is 10.5. The molecule has 0 aliphatic rings. The topological polar surface area (TPSA) is 151 Å². The van der Waals surface area contributed by atoms with Gasteiger partial charge in [-0.1, -0.05) is 0 Å². The first kappa shape index (κ1) is 16.2. The van der Waals surface area contributed by atoms with Crippen molar-refractivity contribution in [2.24, 2.45) is 21.7 Å². The van der Waals surface area contributed by atoms with Crippen LogP contribution < -0.4 is 11.5 Å². The monoisotopic (exact) mass is 294 g/mol. The molecule has 1 aromatic carbocycles. The van der Waals surface area contributed by atoms with Crippen molar-refractivity contribution >= 4 is 34.7 Å². The third kappa shape index (κ3) is 4.57. The Hall–Kier alpha value is -1.84. The smallest absolute Gasteiger partial charge is 0.298 e. The van der Waals surface area contributed by atoms with Crippen LogP contribution in [-0.4, -0.2) is 30.3 Å². The Morgan fingerprint density at radius 1 is 1.33 bits per heavy atom. The van der Waals surface area contributed by atoms with Gasteiger partial charge in [0.2, 0.25) is 5.96 Å². The third-order valence-corrected chi connectivity index (χ3v) is 2.52. The van der Waals surface area contributed by atoms with Crippen LogP contribution in [0.3, 0.4) is 0 Å². The van der Waals surface area contributed by atoms with E-state index in [2.05, 4.69) is 10.2 Å². The molecule has 6 N–H and O–H groups in total. The zero-order valence-electron chi connectivity index (χ0n) is 8.89. The molecule has 8 nitrogen and oxygen atoms in total. The minimum absolute atomic E-state index is 0. The maximum absolute atomic E-state index is 10.9. The summed E-state index contributed by atoms with van der Waals surface area (Å²) in [4.78, 5) is -0.619. The molecule has 1 aromatic rings. The van der Waals surface area contributed by atoms with Gasteiger partial charge in [0.25, 0.3) is 10.1 Å². The molecule has 0 atom stereocenters. The van der Waals surface area contributed by atoms with Crippen molar-refractivity contribution in [2.45, 2.75) is 4.90 Å². The van der Waals surface area contributed by atoms with Crippen molar-refractivity contribution in [3.05, 3.63) is 23.8 Å². The predicted octanol–water partition coefficient (Wildman–Crippen LogP) is -0.332. The molecule has 0 saturated heterocycles. The number of hydrogen-bond acceptors (Lipinski definition) is 5. The summed E-state index contributed by atoms with van der Waals surface area (Å²) < 4.78 is 30.6. The highest BCUT2D eigenvalue weighted by Gasteiger charge is 2.15. The highest BCUT2D eigenvalue weighted by molar-refractivity contribution is 7.86. The zero-order chi connectivity index (χ0) is 13.1. The van der Waals surface area contributed by atoms with Gasteiger partial charge in [0.15, 0.2) is 0 Å². The van der Waals surface area contributed by atoms with E-state index >= 15 is 0 Å². The van der Waals surface area contributed by atoms with Crippen molar-refractivity contribution in [2.75, 3.05) is 0 Å². The largest absolute Gasteiger partial charge is 0.506 e. The number of halogens is 1. The van der Waals surface area contributed by atoms with Crippen LogP contribution >= 0.6 is 12.4 Å². The number of benzene rings is 1. The molecule has 0 radical (unpaired) electrons. The molecule has 0 unspecified atom stereocenters. The Bertz CT molecular complexity index is 581. The molecule has 100 valence electrons. The molecular formula is C8H11ClN4O4S. The average molecular weight is 295 g/mol. The molecular weight excluding hydrogens is 284 g/mol. The van der Waals surface area contributed by atoms with Crippen molar-refractivity contribution in [1.29, 1.82) is 0 Å². The van der Waals surface area contributed by atoms with Crippen LogP contribution in [0.2, 0.25) is 0 Å². The number of rotatable bonds is 3. The Balaban J connectivity index is 0.00000289. The van der Waals surface area contributed by atoms with Crippen molar-refractivity contribution < 1.29 is 18.1 Å². The van der Waals surface area contributed by atoms with Gasteiger partial charge in [-0.3, -0.25) is 4.55 Å². The Morgan fingerprint density at radius 3 is 2.44 bits per heavy atom. The van der Waals surface area contributed by atoms with E-state index in [1.165, 1.54) is 6.07 Å². The SMILES string of the molecule is Cl.NC(N)=N/N=C/c1ccc(O)c(S(=O)(=O)O)c1. The van der Waals surface area contributed by atoms with Crippen molar-refractivity contribution in [3.8, 4) is 5.75 Å². The first-order valence-electron chi connectivity index (χ1n) is 4.23. The lowest BCUT2D eigenvalue weighted by atomic mass is 10.2. The third-order valence-electron chi connectivity index (χ3n) is 1.64. The number of nitrogens with zero attached hydrogens (tertiary/aromatic N) is 2. The van der Waals surface area contributed by atoms with Crippen LogP contribution in [-0.2, 0) is 10.1 Å². The summed E-state index contributed by atoms with van der Waals surface area (Å²) in [6.07, 6.45) is 1.16. The first-order valence-corrected chi connectivity index (χ1v) is 5.67. The van der Waals surface area contributed by atoms with E-state index < -0.39 is 20.8 Å². The standard InChI is InChI=1S/C8H10N4O4S.ClH/c9-8(10)12-11-4-5-1-2-6(13)7(3-5)17(14,15)16;/h1-4,13H,(H4,9,10,12)(H,14,15,16);1H/b11-4+;. The van der Waals surface area contributed by atoms with Gasteiger partial charge >= 0.3 is 0 Å². The molecule has 0 aliphatic heterocycles. The number of aromatic hydroxyl groups is 1. The Morgan fingerprint density at radius 2 is 1.94 bits per heavy atom. The van der Waals surface area contributed by atoms with E-state index in [4.69, 9.17) is 16.0 Å². The fourth-order valence-electron chi connectivity index (χ4n) is 0.980. The van der Waals surface area contributed by atoms with Crippen molar-refractivity contribution in [3.63, 3.8) is 0 Å². The molecule has 0 bridgehead atoms. The second-order valence-corrected chi connectivity index (χ2v) is 4.36. The molecule has 0 fully saturated rings. The quantitative estimate of drug-likeness (QED) is 0.259. The Labute approximate surface area is 109 Å². The van der Waals surface area contributed by atoms with Crippen LogP contribution in [0.15, 0.2) is 33.3 Å². The van der Waals surface area contributed by atoms with Crippen LogP contribution in [0.1, 0.15) is 5.56 Å². The lowest BCUT2D eigenvalue weighted by Crippen LogP contribution is -2.21. The van der Waals surface area contributed by atoms with Crippen LogP contribution in [0.5, 0.6) is 5.75 Å². The Kier molecular flexibility index (Phi) is 5.56. The van der Waals surface area contributed by atoms with Gasteiger partial charge in [-0.05, 0) is 23.8 Å². The molecule has 0 spiro atoms. The van der Waals surface area contributed by atoms with E-state index in [0.717, 1.165) is 18.3 Å². The van der Waals surface area contributed by atoms with E-state index in [-0.39, 0.29) is 18.4 Å². The summed E-state index contributed by atoms with van der Waals surface area (Å²) >= 11 is 0. The first-order chi connectivity index (χ1) is 7.80. The second-order valence-electron chi connectivity index (χ2n) is 2.97. The lowest BCUT2D eigenvalue weighted by molar-refractivity contribution is 0.443. The maximum Gasteiger partial charge on any atom is 0.298 e. The number of hydrogen-bond donors (Lipinski definition) is 4. The van der Waals surface area contributed by atoms with Gasteiger partial charge in [-0.15, -0.1) is 17.5 Å².